The third-order valence-electron chi connectivity index (χ3n) is 6.09. The molecule has 2 fully saturated rings. The summed E-state index contributed by atoms with van der Waals surface area (Å²) in [5, 5.41) is 24.3. The van der Waals surface area contributed by atoms with Gasteiger partial charge in [0.25, 0.3) is 0 Å². The van der Waals surface area contributed by atoms with Crippen molar-refractivity contribution in [1.82, 2.24) is 10.6 Å². The number of amides is 1. The van der Waals surface area contributed by atoms with Crippen molar-refractivity contribution in [3.05, 3.63) is 29.8 Å². The van der Waals surface area contributed by atoms with Crippen molar-refractivity contribution in [3.8, 4) is 11.8 Å². The van der Waals surface area contributed by atoms with E-state index < -0.39 is 35.5 Å². The largest absolute Gasteiger partial charge is 0.508 e. The van der Waals surface area contributed by atoms with E-state index in [0.717, 1.165) is 25.7 Å². The molecule has 3 rings (SSSR count). The summed E-state index contributed by atoms with van der Waals surface area (Å²) in [7, 11) is 0. The van der Waals surface area contributed by atoms with Crippen molar-refractivity contribution < 1.29 is 23.1 Å². The molecular formula is C21H26F3N3O2. The lowest BCUT2D eigenvalue weighted by molar-refractivity contribution is -0.162. The lowest BCUT2D eigenvalue weighted by Crippen LogP contribution is -2.53. The van der Waals surface area contributed by atoms with Crippen molar-refractivity contribution >= 4 is 5.91 Å². The predicted molar refractivity (Wildman–Crippen MR) is 101 cm³/mol. The van der Waals surface area contributed by atoms with Gasteiger partial charge in [-0.3, -0.25) is 10.1 Å². The van der Waals surface area contributed by atoms with E-state index in [1.54, 1.807) is 0 Å². The lowest BCUT2D eigenvalue weighted by atomic mass is 9.81. The molecular weight excluding hydrogens is 383 g/mol. The van der Waals surface area contributed by atoms with E-state index >= 15 is 0 Å². The molecule has 0 spiro atoms. The number of phenolic OH excluding ortho intramolecular Hbond substituents is 1. The Hall–Kier alpha value is -2.27. The first-order valence-corrected chi connectivity index (χ1v) is 9.92. The average molecular weight is 409 g/mol. The number of nitrogens with one attached hydrogen (secondary N) is 2. The number of hydrogen-bond acceptors (Lipinski definition) is 4. The highest BCUT2D eigenvalue weighted by Crippen LogP contribution is 2.43. The number of hydrogen-bond donors (Lipinski definition) is 3. The summed E-state index contributed by atoms with van der Waals surface area (Å²) in [6, 6.07) is 3.97. The van der Waals surface area contributed by atoms with Crippen LogP contribution in [0.15, 0.2) is 24.3 Å². The third-order valence-corrected chi connectivity index (χ3v) is 6.09. The molecule has 0 saturated heterocycles. The summed E-state index contributed by atoms with van der Waals surface area (Å²) < 4.78 is 41.6. The third kappa shape index (κ3) is 5.02. The smallest absolute Gasteiger partial charge is 0.408 e. The number of carbonyl (C=O) groups is 1. The van der Waals surface area contributed by atoms with Crippen molar-refractivity contribution in [2.45, 2.75) is 75.7 Å². The van der Waals surface area contributed by atoms with Gasteiger partial charge in [-0.1, -0.05) is 38.0 Å². The zero-order valence-corrected chi connectivity index (χ0v) is 16.4. The molecule has 158 valence electrons. The summed E-state index contributed by atoms with van der Waals surface area (Å²) in [6.07, 6.45) is 0.179. The lowest BCUT2D eigenvalue weighted by Gasteiger charge is -2.33. The molecule has 8 heteroatoms. The van der Waals surface area contributed by atoms with Gasteiger partial charge in [-0.05, 0) is 43.6 Å². The van der Waals surface area contributed by atoms with Crippen LogP contribution in [0.2, 0.25) is 0 Å². The minimum absolute atomic E-state index is 0.237. The van der Waals surface area contributed by atoms with E-state index in [2.05, 4.69) is 10.6 Å². The van der Waals surface area contributed by atoms with Crippen LogP contribution < -0.4 is 10.6 Å². The number of halogens is 3. The Bertz CT molecular complexity index is 793. The minimum atomic E-state index is -4.71. The van der Waals surface area contributed by atoms with E-state index in [9.17, 15) is 28.3 Å². The Morgan fingerprint density at radius 1 is 1.24 bits per heavy atom. The molecule has 1 aromatic rings. The molecule has 0 aliphatic heterocycles. The molecule has 1 amide bonds. The number of phenols is 1. The van der Waals surface area contributed by atoms with Gasteiger partial charge in [-0.15, -0.1) is 0 Å². The Labute approximate surface area is 168 Å². The molecule has 0 aromatic heterocycles. The maximum Gasteiger partial charge on any atom is 0.408 e. The Morgan fingerprint density at radius 2 is 1.86 bits per heavy atom. The second-order valence-electron chi connectivity index (χ2n) is 8.66. The molecule has 2 saturated carbocycles. The number of nitrogens with zero attached hydrogens (tertiary/aromatic N) is 1. The predicted octanol–water partition coefficient (Wildman–Crippen LogP) is 4.10. The molecule has 29 heavy (non-hydrogen) atoms. The van der Waals surface area contributed by atoms with Crippen LogP contribution in [-0.4, -0.2) is 28.8 Å². The maximum absolute atomic E-state index is 13.9. The summed E-state index contributed by atoms with van der Waals surface area (Å²) >= 11 is 0. The Kier molecular flexibility index (Phi) is 5.81. The summed E-state index contributed by atoms with van der Waals surface area (Å²) in [6.45, 7) is 1.99. The highest BCUT2D eigenvalue weighted by molar-refractivity contribution is 5.83. The second-order valence-corrected chi connectivity index (χ2v) is 8.66. The molecule has 0 radical (unpaired) electrons. The Balaban J connectivity index is 1.88. The van der Waals surface area contributed by atoms with E-state index in [4.69, 9.17) is 0 Å². The van der Waals surface area contributed by atoms with Gasteiger partial charge in [0, 0.05) is 5.56 Å². The molecule has 2 atom stereocenters. The average Bonchev–Trinajstić information content (AvgIpc) is 3.29. The standard InChI is InChI=1S/C21H26F3N3O2/c1-19(8-4-5-9-19)12-15(18(29)27-20(13-25)10-11-20)26-17(21(22,23)24)14-6-2-3-7-16(14)28/h2-3,6-7,15,17,26,28H,4-5,8-12H2,1H3,(H,27,29)/t15-,17-/m0/s1. The number of rotatable bonds is 7. The van der Waals surface area contributed by atoms with Gasteiger partial charge >= 0.3 is 6.18 Å². The first-order chi connectivity index (χ1) is 13.6. The normalized spacial score (nSPS) is 21.8. The number of nitriles is 1. The van der Waals surface area contributed by atoms with Crippen molar-refractivity contribution in [2.75, 3.05) is 0 Å². The monoisotopic (exact) mass is 409 g/mol. The van der Waals surface area contributed by atoms with Crippen molar-refractivity contribution in [1.29, 1.82) is 5.26 Å². The van der Waals surface area contributed by atoms with Crippen LogP contribution >= 0.6 is 0 Å². The van der Waals surface area contributed by atoms with Gasteiger partial charge in [0.1, 0.15) is 17.3 Å². The Morgan fingerprint density at radius 3 is 2.38 bits per heavy atom. The van der Waals surface area contributed by atoms with Gasteiger partial charge in [0.15, 0.2) is 0 Å². The van der Waals surface area contributed by atoms with E-state index in [1.807, 2.05) is 13.0 Å². The van der Waals surface area contributed by atoms with Crippen LogP contribution in [-0.2, 0) is 4.79 Å². The number of alkyl halides is 3. The zero-order valence-electron chi connectivity index (χ0n) is 16.4. The number of benzene rings is 1. The fourth-order valence-electron chi connectivity index (χ4n) is 4.16. The molecule has 5 nitrogen and oxygen atoms in total. The van der Waals surface area contributed by atoms with Gasteiger partial charge in [0.2, 0.25) is 5.91 Å². The summed E-state index contributed by atoms with van der Waals surface area (Å²) in [4.78, 5) is 12.9. The van der Waals surface area contributed by atoms with Gasteiger partial charge < -0.3 is 10.4 Å². The topological polar surface area (TPSA) is 85.2 Å². The first-order valence-electron chi connectivity index (χ1n) is 9.92. The summed E-state index contributed by atoms with van der Waals surface area (Å²) in [5.41, 5.74) is -1.53. The molecule has 0 bridgehead atoms. The molecule has 0 heterocycles. The van der Waals surface area contributed by atoms with Crippen LogP contribution in [0.4, 0.5) is 13.2 Å². The van der Waals surface area contributed by atoms with Crippen molar-refractivity contribution in [2.24, 2.45) is 5.41 Å². The van der Waals surface area contributed by atoms with Gasteiger partial charge in [0.05, 0.1) is 12.1 Å². The highest BCUT2D eigenvalue weighted by atomic mass is 19.4. The van der Waals surface area contributed by atoms with Crippen LogP contribution in [0.1, 0.15) is 63.5 Å². The maximum atomic E-state index is 13.9. The zero-order chi connectivity index (χ0) is 21.3. The highest BCUT2D eigenvalue weighted by Gasteiger charge is 2.49. The molecule has 2 aliphatic rings. The van der Waals surface area contributed by atoms with E-state index in [1.165, 1.54) is 24.3 Å². The number of para-hydroxylation sites is 1. The fraction of sp³-hybridized carbons (Fsp3) is 0.619. The molecule has 2 aliphatic carbocycles. The van der Waals surface area contributed by atoms with Crippen LogP contribution in [0.5, 0.6) is 5.75 Å². The molecule has 3 N–H and O–H groups in total. The number of aromatic hydroxyl groups is 1. The minimum Gasteiger partial charge on any atom is -0.508 e. The van der Waals surface area contributed by atoms with Crippen LogP contribution in [0.3, 0.4) is 0 Å². The van der Waals surface area contributed by atoms with E-state index in [0.29, 0.717) is 12.8 Å². The molecule has 1 aromatic carbocycles. The fourth-order valence-corrected chi connectivity index (χ4v) is 4.16. The SMILES string of the molecule is CC1(C[C@H](N[C@@H](c2ccccc2O)C(F)(F)F)C(=O)NC2(C#N)CC2)CCCC1. The number of carbonyl (C=O) groups excluding carboxylic acids is 1. The van der Waals surface area contributed by atoms with Gasteiger partial charge in [-0.25, -0.2) is 0 Å². The van der Waals surface area contributed by atoms with E-state index in [-0.39, 0.29) is 17.4 Å². The first kappa shape index (κ1) is 21.4. The quantitative estimate of drug-likeness (QED) is 0.633. The molecule has 0 unspecified atom stereocenters. The van der Waals surface area contributed by atoms with Crippen LogP contribution in [0.25, 0.3) is 0 Å². The van der Waals surface area contributed by atoms with Gasteiger partial charge in [-0.2, -0.15) is 18.4 Å². The second kappa shape index (κ2) is 7.86. The van der Waals surface area contributed by atoms with Crippen molar-refractivity contribution in [3.63, 3.8) is 0 Å². The van der Waals surface area contributed by atoms with Crippen LogP contribution in [0, 0.1) is 16.7 Å². The summed E-state index contributed by atoms with van der Waals surface area (Å²) in [5.74, 6) is -1.08.